The Morgan fingerprint density at radius 2 is 1.90 bits per heavy atom. The standard InChI is InChI=1S/C17H27NOS/c19-15-9-7-13(8-10-15)12-18-17(14-4-1-2-5-14)16-6-3-11-20-16/h3,6,11,13-15,17-19H,1-2,4-5,7-10,12H2. The summed E-state index contributed by atoms with van der Waals surface area (Å²) in [7, 11) is 0. The maximum atomic E-state index is 9.61. The Hall–Kier alpha value is -0.380. The van der Waals surface area contributed by atoms with Crippen molar-refractivity contribution in [3.8, 4) is 0 Å². The first-order chi connectivity index (χ1) is 9.83. The summed E-state index contributed by atoms with van der Waals surface area (Å²) in [5.74, 6) is 1.60. The number of rotatable bonds is 5. The first kappa shape index (κ1) is 14.6. The molecule has 0 amide bonds. The van der Waals surface area contributed by atoms with Gasteiger partial charge in [0.15, 0.2) is 0 Å². The van der Waals surface area contributed by atoms with Crippen molar-refractivity contribution in [1.29, 1.82) is 0 Å². The fourth-order valence-electron chi connectivity index (χ4n) is 3.90. The van der Waals surface area contributed by atoms with Crippen LogP contribution in [-0.4, -0.2) is 17.8 Å². The maximum Gasteiger partial charge on any atom is 0.0540 e. The van der Waals surface area contributed by atoms with Crippen LogP contribution in [0.1, 0.15) is 62.3 Å². The van der Waals surface area contributed by atoms with Crippen LogP contribution in [0.3, 0.4) is 0 Å². The second-order valence-electron chi connectivity index (χ2n) is 6.62. The third-order valence-corrected chi connectivity index (χ3v) is 6.12. The van der Waals surface area contributed by atoms with Gasteiger partial charge >= 0.3 is 0 Å². The lowest BCUT2D eigenvalue weighted by molar-refractivity contribution is 0.107. The van der Waals surface area contributed by atoms with E-state index in [4.69, 9.17) is 0 Å². The molecule has 2 aliphatic carbocycles. The Labute approximate surface area is 126 Å². The highest BCUT2D eigenvalue weighted by atomic mass is 32.1. The Morgan fingerprint density at radius 1 is 1.15 bits per heavy atom. The highest BCUT2D eigenvalue weighted by Crippen LogP contribution is 2.37. The molecule has 112 valence electrons. The van der Waals surface area contributed by atoms with Crippen molar-refractivity contribution in [2.24, 2.45) is 11.8 Å². The quantitative estimate of drug-likeness (QED) is 0.856. The Balaban J connectivity index is 1.56. The summed E-state index contributed by atoms with van der Waals surface area (Å²) in [6.45, 7) is 1.13. The topological polar surface area (TPSA) is 32.3 Å². The number of hydrogen-bond acceptors (Lipinski definition) is 3. The van der Waals surface area contributed by atoms with E-state index < -0.39 is 0 Å². The molecule has 1 heterocycles. The lowest BCUT2D eigenvalue weighted by atomic mass is 9.87. The van der Waals surface area contributed by atoms with E-state index in [1.165, 1.54) is 43.4 Å². The molecular weight excluding hydrogens is 266 g/mol. The molecule has 0 spiro atoms. The normalized spacial score (nSPS) is 29.6. The zero-order valence-corrected chi connectivity index (χ0v) is 13.1. The van der Waals surface area contributed by atoms with Gasteiger partial charge in [-0.1, -0.05) is 18.9 Å². The van der Waals surface area contributed by atoms with Gasteiger partial charge in [0.25, 0.3) is 0 Å². The molecule has 20 heavy (non-hydrogen) atoms. The Bertz CT molecular complexity index is 378. The van der Waals surface area contributed by atoms with E-state index in [0.717, 1.165) is 31.2 Å². The van der Waals surface area contributed by atoms with Gasteiger partial charge in [0.2, 0.25) is 0 Å². The van der Waals surface area contributed by atoms with Crippen molar-refractivity contribution >= 4 is 11.3 Å². The largest absolute Gasteiger partial charge is 0.393 e. The fraction of sp³-hybridized carbons (Fsp3) is 0.765. The Kier molecular flexibility index (Phi) is 5.14. The van der Waals surface area contributed by atoms with Crippen LogP contribution in [0.15, 0.2) is 17.5 Å². The molecule has 1 atom stereocenters. The van der Waals surface area contributed by atoms with Crippen LogP contribution in [0.2, 0.25) is 0 Å². The van der Waals surface area contributed by atoms with Crippen LogP contribution >= 0.6 is 11.3 Å². The zero-order chi connectivity index (χ0) is 13.8. The summed E-state index contributed by atoms with van der Waals surface area (Å²) in [4.78, 5) is 1.52. The molecule has 3 heteroatoms. The van der Waals surface area contributed by atoms with Gasteiger partial charge in [0.1, 0.15) is 0 Å². The van der Waals surface area contributed by atoms with Gasteiger partial charge in [-0.05, 0) is 68.4 Å². The number of aliphatic hydroxyl groups excluding tert-OH is 1. The molecule has 3 rings (SSSR count). The second kappa shape index (κ2) is 7.06. The third-order valence-electron chi connectivity index (χ3n) is 5.16. The summed E-state index contributed by atoms with van der Waals surface area (Å²) in [5.41, 5.74) is 0. The molecule has 1 aromatic rings. The Morgan fingerprint density at radius 3 is 2.55 bits per heavy atom. The predicted octanol–water partition coefficient (Wildman–Crippen LogP) is 4.12. The van der Waals surface area contributed by atoms with Crippen LogP contribution in [0.4, 0.5) is 0 Å². The average Bonchev–Trinajstić information content (AvgIpc) is 3.14. The first-order valence-electron chi connectivity index (χ1n) is 8.28. The molecule has 2 aliphatic rings. The SMILES string of the molecule is OC1CCC(CNC(c2cccs2)C2CCCC2)CC1. The summed E-state index contributed by atoms with van der Waals surface area (Å²) in [6, 6.07) is 5.05. The van der Waals surface area contributed by atoms with Crippen molar-refractivity contribution in [3.63, 3.8) is 0 Å². The van der Waals surface area contributed by atoms with Gasteiger partial charge in [0.05, 0.1) is 6.10 Å². The smallest absolute Gasteiger partial charge is 0.0540 e. The summed E-state index contributed by atoms with van der Waals surface area (Å²) in [6.07, 6.45) is 9.94. The minimum atomic E-state index is -0.0332. The molecule has 2 N–H and O–H groups in total. The van der Waals surface area contributed by atoms with Crippen LogP contribution in [0.25, 0.3) is 0 Å². The molecule has 0 aliphatic heterocycles. The number of thiophene rings is 1. The van der Waals surface area contributed by atoms with E-state index in [1.54, 1.807) is 0 Å². The molecule has 2 nitrogen and oxygen atoms in total. The van der Waals surface area contributed by atoms with Crippen molar-refractivity contribution in [2.45, 2.75) is 63.5 Å². The predicted molar refractivity (Wildman–Crippen MR) is 85.0 cm³/mol. The van der Waals surface area contributed by atoms with E-state index in [-0.39, 0.29) is 6.10 Å². The van der Waals surface area contributed by atoms with Crippen LogP contribution < -0.4 is 5.32 Å². The van der Waals surface area contributed by atoms with Crippen LogP contribution in [-0.2, 0) is 0 Å². The molecule has 2 fully saturated rings. The van der Waals surface area contributed by atoms with Crippen LogP contribution in [0.5, 0.6) is 0 Å². The highest BCUT2D eigenvalue weighted by molar-refractivity contribution is 7.10. The highest BCUT2D eigenvalue weighted by Gasteiger charge is 2.28. The van der Waals surface area contributed by atoms with Gasteiger partial charge in [-0.3, -0.25) is 0 Å². The molecular formula is C17H27NOS. The molecule has 0 aromatic carbocycles. The number of hydrogen-bond donors (Lipinski definition) is 2. The lowest BCUT2D eigenvalue weighted by Gasteiger charge is -2.29. The molecule has 1 unspecified atom stereocenters. The number of aliphatic hydroxyl groups is 1. The molecule has 0 saturated heterocycles. The summed E-state index contributed by atoms with van der Waals surface area (Å²) < 4.78 is 0. The average molecular weight is 293 g/mol. The van der Waals surface area contributed by atoms with E-state index in [2.05, 4.69) is 22.8 Å². The lowest BCUT2D eigenvalue weighted by Crippen LogP contribution is -2.33. The minimum absolute atomic E-state index is 0.0332. The monoisotopic (exact) mass is 293 g/mol. The van der Waals surface area contributed by atoms with Gasteiger partial charge < -0.3 is 10.4 Å². The van der Waals surface area contributed by atoms with E-state index in [0.29, 0.717) is 6.04 Å². The summed E-state index contributed by atoms with van der Waals surface area (Å²) >= 11 is 1.90. The molecule has 2 saturated carbocycles. The zero-order valence-electron chi connectivity index (χ0n) is 12.3. The van der Waals surface area contributed by atoms with Crippen molar-refractivity contribution in [2.75, 3.05) is 6.54 Å². The number of nitrogens with one attached hydrogen (secondary N) is 1. The van der Waals surface area contributed by atoms with Crippen LogP contribution in [0, 0.1) is 11.8 Å². The molecule has 1 aromatic heterocycles. The van der Waals surface area contributed by atoms with Gasteiger partial charge in [-0.15, -0.1) is 11.3 Å². The van der Waals surface area contributed by atoms with Gasteiger partial charge in [-0.25, -0.2) is 0 Å². The summed E-state index contributed by atoms with van der Waals surface area (Å²) in [5, 5.41) is 15.7. The van der Waals surface area contributed by atoms with E-state index in [9.17, 15) is 5.11 Å². The second-order valence-corrected chi connectivity index (χ2v) is 7.60. The maximum absolute atomic E-state index is 9.61. The van der Waals surface area contributed by atoms with Crippen molar-refractivity contribution in [1.82, 2.24) is 5.32 Å². The fourth-order valence-corrected chi connectivity index (χ4v) is 4.79. The molecule has 0 bridgehead atoms. The van der Waals surface area contributed by atoms with Gasteiger partial charge in [0, 0.05) is 10.9 Å². The minimum Gasteiger partial charge on any atom is -0.393 e. The first-order valence-corrected chi connectivity index (χ1v) is 9.15. The van der Waals surface area contributed by atoms with Crippen molar-refractivity contribution < 1.29 is 5.11 Å². The van der Waals surface area contributed by atoms with Crippen molar-refractivity contribution in [3.05, 3.63) is 22.4 Å². The third kappa shape index (κ3) is 3.63. The molecule has 0 radical (unpaired) electrons. The van der Waals surface area contributed by atoms with E-state index >= 15 is 0 Å². The van der Waals surface area contributed by atoms with E-state index in [1.807, 2.05) is 11.3 Å². The van der Waals surface area contributed by atoms with Gasteiger partial charge in [-0.2, -0.15) is 0 Å².